The molecule has 0 aliphatic rings. The molecule has 0 unspecified atom stereocenters. The van der Waals surface area contributed by atoms with Gasteiger partial charge in [-0.25, -0.2) is 20.5 Å². The summed E-state index contributed by atoms with van der Waals surface area (Å²) in [6.07, 6.45) is 4.76. The fourth-order valence-corrected chi connectivity index (χ4v) is 1.90. The Morgan fingerprint density at radius 1 is 1.45 bits per heavy atom. The average Bonchev–Trinajstić information content (AvgIpc) is 2.96. The highest BCUT2D eigenvalue weighted by molar-refractivity contribution is 5.91. The van der Waals surface area contributed by atoms with Crippen LogP contribution >= 0.6 is 0 Å². The summed E-state index contributed by atoms with van der Waals surface area (Å²) in [7, 11) is 1.56. The molecule has 8 nitrogen and oxygen atoms in total. The molecule has 0 bridgehead atoms. The monoisotopic (exact) mass is 275 g/mol. The van der Waals surface area contributed by atoms with Gasteiger partial charge in [0.1, 0.15) is 12.1 Å². The number of nitrogens with two attached hydrogens (primary N) is 1. The summed E-state index contributed by atoms with van der Waals surface area (Å²) in [6, 6.07) is 1.63. The molecule has 0 saturated carbocycles. The summed E-state index contributed by atoms with van der Waals surface area (Å²) in [6.45, 7) is 2.05. The highest BCUT2D eigenvalue weighted by atomic mass is 16.1. The molecule has 2 aromatic rings. The van der Waals surface area contributed by atoms with Gasteiger partial charge >= 0.3 is 0 Å². The highest BCUT2D eigenvalue weighted by Gasteiger charge is 2.14. The van der Waals surface area contributed by atoms with Crippen LogP contribution in [0.2, 0.25) is 0 Å². The zero-order chi connectivity index (χ0) is 14.5. The van der Waals surface area contributed by atoms with Crippen LogP contribution < -0.4 is 16.6 Å². The number of aromatic nitrogens is 4. The van der Waals surface area contributed by atoms with E-state index in [-0.39, 0.29) is 5.91 Å². The molecular weight excluding hydrogens is 258 g/mol. The Hall–Kier alpha value is -2.48. The van der Waals surface area contributed by atoms with Gasteiger partial charge in [-0.15, -0.1) is 0 Å². The number of hydrazine groups is 1. The lowest BCUT2D eigenvalue weighted by Crippen LogP contribution is -2.19. The smallest absolute Gasteiger partial charge is 0.271 e. The van der Waals surface area contributed by atoms with Gasteiger partial charge in [0.25, 0.3) is 5.91 Å². The van der Waals surface area contributed by atoms with Gasteiger partial charge in [-0.1, -0.05) is 13.3 Å². The molecule has 0 saturated heterocycles. The second kappa shape index (κ2) is 6.11. The van der Waals surface area contributed by atoms with Crippen LogP contribution in [-0.4, -0.2) is 32.7 Å². The lowest BCUT2D eigenvalue weighted by atomic mass is 10.1. The molecule has 2 aromatic heterocycles. The summed E-state index contributed by atoms with van der Waals surface area (Å²) >= 11 is 0. The first-order valence-electron chi connectivity index (χ1n) is 6.29. The lowest BCUT2D eigenvalue weighted by Gasteiger charge is -2.11. The van der Waals surface area contributed by atoms with Crippen LogP contribution in [0.5, 0.6) is 0 Å². The van der Waals surface area contributed by atoms with Crippen molar-refractivity contribution >= 4 is 11.7 Å². The predicted octanol–water partition coefficient (Wildman–Crippen LogP) is 0.260. The van der Waals surface area contributed by atoms with Crippen molar-refractivity contribution in [1.29, 1.82) is 0 Å². The van der Waals surface area contributed by atoms with Gasteiger partial charge in [0.15, 0.2) is 11.5 Å². The zero-order valence-corrected chi connectivity index (χ0v) is 11.4. The first-order valence-corrected chi connectivity index (χ1v) is 6.29. The molecule has 0 aromatic carbocycles. The van der Waals surface area contributed by atoms with E-state index in [0.717, 1.165) is 18.4 Å². The van der Waals surface area contributed by atoms with Gasteiger partial charge in [0.2, 0.25) is 0 Å². The topological polar surface area (TPSA) is 111 Å². The minimum absolute atomic E-state index is 0.243. The second-order valence-electron chi connectivity index (χ2n) is 4.14. The number of anilines is 1. The van der Waals surface area contributed by atoms with Crippen molar-refractivity contribution in [3.8, 4) is 5.82 Å². The van der Waals surface area contributed by atoms with Gasteiger partial charge in [-0.2, -0.15) is 5.10 Å². The molecule has 2 rings (SSSR count). The van der Waals surface area contributed by atoms with E-state index in [1.54, 1.807) is 24.0 Å². The molecule has 0 spiro atoms. The second-order valence-corrected chi connectivity index (χ2v) is 4.14. The number of hydrogen-bond acceptors (Lipinski definition) is 6. The van der Waals surface area contributed by atoms with E-state index < -0.39 is 0 Å². The molecule has 0 aliphatic carbocycles. The number of amides is 1. The third-order valence-corrected chi connectivity index (χ3v) is 2.83. The summed E-state index contributed by atoms with van der Waals surface area (Å²) < 4.78 is 1.55. The largest absolute Gasteiger partial charge is 0.354 e. The molecule has 0 aliphatic heterocycles. The molecule has 1 amide bonds. The molecule has 8 heteroatoms. The fraction of sp³-hybridized carbons (Fsp3) is 0.333. The number of rotatable bonds is 5. The van der Waals surface area contributed by atoms with Gasteiger partial charge in [0, 0.05) is 18.8 Å². The molecule has 0 radical (unpaired) electrons. The Labute approximate surface area is 116 Å². The van der Waals surface area contributed by atoms with Gasteiger partial charge in [0.05, 0.1) is 0 Å². The van der Waals surface area contributed by atoms with Gasteiger partial charge < -0.3 is 10.7 Å². The fourth-order valence-electron chi connectivity index (χ4n) is 1.90. The molecule has 0 atom stereocenters. The van der Waals surface area contributed by atoms with Gasteiger partial charge in [-0.3, -0.25) is 4.79 Å². The van der Waals surface area contributed by atoms with E-state index in [0.29, 0.717) is 17.3 Å². The number of carbonyl (C=O) groups excluding carboxylic acids is 1. The maximum Gasteiger partial charge on any atom is 0.271 e. The van der Waals surface area contributed by atoms with E-state index in [4.69, 9.17) is 5.84 Å². The van der Waals surface area contributed by atoms with Crippen molar-refractivity contribution < 1.29 is 4.79 Å². The Morgan fingerprint density at radius 2 is 2.25 bits per heavy atom. The number of nitrogen functional groups attached to an aromatic ring is 1. The average molecular weight is 275 g/mol. The van der Waals surface area contributed by atoms with Crippen LogP contribution in [0.3, 0.4) is 0 Å². The third kappa shape index (κ3) is 2.59. The molecular formula is C12H17N7O. The van der Waals surface area contributed by atoms with Crippen LogP contribution in [0.1, 0.15) is 29.4 Å². The van der Waals surface area contributed by atoms with Crippen molar-refractivity contribution in [1.82, 2.24) is 25.1 Å². The number of carbonyl (C=O) groups is 1. The van der Waals surface area contributed by atoms with E-state index in [1.165, 1.54) is 6.33 Å². The van der Waals surface area contributed by atoms with E-state index in [9.17, 15) is 4.79 Å². The third-order valence-electron chi connectivity index (χ3n) is 2.83. The van der Waals surface area contributed by atoms with Crippen LogP contribution in [0, 0.1) is 0 Å². The molecule has 2 heterocycles. The van der Waals surface area contributed by atoms with E-state index in [2.05, 4.69) is 32.7 Å². The molecule has 4 N–H and O–H groups in total. The Balaban J connectivity index is 2.46. The minimum Gasteiger partial charge on any atom is -0.354 e. The summed E-state index contributed by atoms with van der Waals surface area (Å²) in [5, 5.41) is 6.74. The first-order chi connectivity index (χ1) is 9.71. The van der Waals surface area contributed by atoms with Crippen LogP contribution in [0.4, 0.5) is 5.82 Å². The Morgan fingerprint density at radius 3 is 2.90 bits per heavy atom. The van der Waals surface area contributed by atoms with Crippen LogP contribution in [0.15, 0.2) is 18.6 Å². The van der Waals surface area contributed by atoms with Crippen molar-refractivity contribution in [3.63, 3.8) is 0 Å². The first kappa shape index (κ1) is 13.9. The SMILES string of the molecule is CCCc1c(NN)ncnc1-n1ccc(C(=O)NC)n1. The normalized spacial score (nSPS) is 10.3. The van der Waals surface area contributed by atoms with Gasteiger partial charge in [-0.05, 0) is 12.5 Å². The number of nitrogens with one attached hydrogen (secondary N) is 2. The lowest BCUT2D eigenvalue weighted by molar-refractivity contribution is 0.0957. The van der Waals surface area contributed by atoms with Crippen molar-refractivity contribution in [3.05, 3.63) is 29.8 Å². The molecule has 0 fully saturated rings. The maximum atomic E-state index is 11.5. The van der Waals surface area contributed by atoms with Crippen LogP contribution in [0.25, 0.3) is 5.82 Å². The predicted molar refractivity (Wildman–Crippen MR) is 74.3 cm³/mol. The Bertz CT molecular complexity index is 608. The van der Waals surface area contributed by atoms with E-state index >= 15 is 0 Å². The van der Waals surface area contributed by atoms with Crippen molar-refractivity contribution in [2.75, 3.05) is 12.5 Å². The summed E-state index contributed by atoms with van der Waals surface area (Å²) in [4.78, 5) is 19.9. The molecule has 20 heavy (non-hydrogen) atoms. The van der Waals surface area contributed by atoms with Crippen molar-refractivity contribution in [2.45, 2.75) is 19.8 Å². The van der Waals surface area contributed by atoms with Crippen molar-refractivity contribution in [2.24, 2.45) is 5.84 Å². The standard InChI is InChI=1S/C12H17N7O/c1-3-4-8-10(17-13)15-7-16-11(8)19-6-5-9(18-19)12(20)14-2/h5-7H,3-4,13H2,1-2H3,(H,14,20)(H,15,16,17). The quantitative estimate of drug-likeness (QED) is 0.533. The number of hydrogen-bond donors (Lipinski definition) is 3. The summed E-state index contributed by atoms with van der Waals surface area (Å²) in [5.74, 6) is 6.40. The Kier molecular flexibility index (Phi) is 4.26. The summed E-state index contributed by atoms with van der Waals surface area (Å²) in [5.41, 5.74) is 3.75. The van der Waals surface area contributed by atoms with Crippen LogP contribution in [-0.2, 0) is 6.42 Å². The zero-order valence-electron chi connectivity index (χ0n) is 11.4. The highest BCUT2D eigenvalue weighted by Crippen LogP contribution is 2.19. The van der Waals surface area contributed by atoms with E-state index in [1.807, 2.05) is 0 Å². The minimum atomic E-state index is -0.243. The molecule has 106 valence electrons. The number of nitrogens with zero attached hydrogens (tertiary/aromatic N) is 4. The maximum absolute atomic E-state index is 11.5.